The van der Waals surface area contributed by atoms with Crippen molar-refractivity contribution >= 4 is 5.78 Å². The van der Waals surface area contributed by atoms with Crippen molar-refractivity contribution in [3.63, 3.8) is 0 Å². The number of Topliss-reactive ketones (excluding diaryl/α,β-unsaturated/α-hetero) is 1. The summed E-state index contributed by atoms with van der Waals surface area (Å²) in [4.78, 5) is 13.2. The van der Waals surface area contributed by atoms with Crippen LogP contribution in [0.25, 0.3) is 0 Å². The van der Waals surface area contributed by atoms with Crippen LogP contribution in [0.5, 0.6) is 0 Å². The average Bonchev–Trinajstić information content (AvgIpc) is 2.79. The normalized spacial score (nSPS) is 50.3. The molecule has 3 fully saturated rings. The summed E-state index contributed by atoms with van der Waals surface area (Å²) in [5.74, 6) is 2.58. The number of nitrogens with zero attached hydrogens (tertiary/aromatic N) is 1. The van der Waals surface area contributed by atoms with Gasteiger partial charge in [-0.15, -0.1) is 0 Å². The molecule has 0 amide bonds. The van der Waals surface area contributed by atoms with Gasteiger partial charge in [0, 0.05) is 10.8 Å². The Kier molecular flexibility index (Phi) is 5.23. The lowest BCUT2D eigenvalue weighted by molar-refractivity contribution is -0.161. The molecule has 0 aliphatic heterocycles. The fourth-order valence-corrected chi connectivity index (χ4v) is 10.6. The molecule has 9 atom stereocenters. The third kappa shape index (κ3) is 2.81. The minimum absolute atomic E-state index is 0.0262. The van der Waals surface area contributed by atoms with Gasteiger partial charge in [0.15, 0.2) is 5.78 Å². The van der Waals surface area contributed by atoms with E-state index in [0.29, 0.717) is 35.0 Å². The molecule has 5 aliphatic rings. The van der Waals surface area contributed by atoms with Crippen molar-refractivity contribution < 1.29 is 9.90 Å². The van der Waals surface area contributed by atoms with Crippen LogP contribution >= 0.6 is 0 Å². The molecule has 0 heterocycles. The first-order chi connectivity index (χ1) is 16.2. The number of nitriles is 1. The van der Waals surface area contributed by atoms with Crippen molar-refractivity contribution in [3.8, 4) is 6.07 Å². The van der Waals surface area contributed by atoms with E-state index in [1.165, 1.54) is 0 Å². The number of rotatable bonds is 1. The van der Waals surface area contributed by atoms with Crippen LogP contribution in [0.4, 0.5) is 0 Å². The lowest BCUT2D eigenvalue weighted by atomic mass is 9.34. The standard InChI is InChI=1S/C32H45NO2/c1-19-11-14-32(21(3)34)16-15-30(7)23(26(32)20(19)2)9-10-25-29(6)17-22(18-33)27(35)28(4,5)24(29)12-13-31(25,30)8/h9,17,19-20,24-26,34H,3,10-16H2,1-2,4-8H3/t19-,20+,24?,25?,26?,29+,30-,31-,32-/m1/s1. The van der Waals surface area contributed by atoms with E-state index >= 15 is 0 Å². The number of allylic oxidation sites excluding steroid dienone is 5. The van der Waals surface area contributed by atoms with Gasteiger partial charge in [-0.1, -0.05) is 72.8 Å². The molecule has 190 valence electrons. The maximum absolute atomic E-state index is 13.2. The summed E-state index contributed by atoms with van der Waals surface area (Å²) >= 11 is 0. The van der Waals surface area contributed by atoms with E-state index in [9.17, 15) is 15.2 Å². The van der Waals surface area contributed by atoms with E-state index in [2.05, 4.69) is 73.3 Å². The predicted molar refractivity (Wildman–Crippen MR) is 140 cm³/mol. The van der Waals surface area contributed by atoms with Crippen molar-refractivity contribution in [1.29, 1.82) is 5.26 Å². The molecule has 0 aromatic rings. The lowest BCUT2D eigenvalue weighted by Crippen LogP contribution is -2.64. The van der Waals surface area contributed by atoms with Gasteiger partial charge in [-0.3, -0.25) is 4.79 Å². The van der Waals surface area contributed by atoms with Crippen LogP contribution in [0, 0.1) is 68.0 Å². The summed E-state index contributed by atoms with van der Waals surface area (Å²) < 4.78 is 0. The first kappa shape index (κ1) is 24.9. The molecular weight excluding hydrogens is 430 g/mol. The maximum atomic E-state index is 13.2. The second-order valence-corrected chi connectivity index (χ2v) is 14.3. The number of carbonyl (C=O) groups excluding carboxylic acids is 1. The zero-order valence-corrected chi connectivity index (χ0v) is 23.0. The highest BCUT2D eigenvalue weighted by Gasteiger charge is 2.68. The van der Waals surface area contributed by atoms with Crippen molar-refractivity contribution in [2.24, 2.45) is 56.7 Å². The van der Waals surface area contributed by atoms with E-state index in [-0.39, 0.29) is 33.4 Å². The van der Waals surface area contributed by atoms with E-state index in [0.717, 1.165) is 44.9 Å². The van der Waals surface area contributed by atoms with Gasteiger partial charge in [-0.05, 0) is 90.8 Å². The highest BCUT2D eigenvalue weighted by Crippen LogP contribution is 2.75. The molecule has 0 aromatic heterocycles. The van der Waals surface area contributed by atoms with Crippen molar-refractivity contribution in [1.82, 2.24) is 0 Å². The van der Waals surface area contributed by atoms with Crippen LogP contribution in [0.15, 0.2) is 35.6 Å². The molecule has 0 saturated heterocycles. The van der Waals surface area contributed by atoms with E-state index in [1.807, 2.05) is 0 Å². The highest BCUT2D eigenvalue weighted by atomic mass is 16.3. The number of carbonyl (C=O) groups is 1. The third-order valence-corrected chi connectivity index (χ3v) is 13.0. The summed E-state index contributed by atoms with van der Waals surface area (Å²) in [6, 6.07) is 2.27. The number of fused-ring (bicyclic) bond motifs is 7. The number of hydrogen-bond acceptors (Lipinski definition) is 3. The third-order valence-electron chi connectivity index (χ3n) is 13.0. The summed E-state index contributed by atoms with van der Waals surface area (Å²) in [5.41, 5.74) is 1.20. The lowest BCUT2D eigenvalue weighted by Gasteiger charge is -2.70. The molecule has 1 N–H and O–H groups in total. The minimum atomic E-state index is -0.509. The van der Waals surface area contributed by atoms with Gasteiger partial charge in [-0.25, -0.2) is 0 Å². The molecule has 5 aliphatic carbocycles. The number of ketones is 1. The van der Waals surface area contributed by atoms with Crippen LogP contribution in [0.1, 0.15) is 93.4 Å². The Labute approximate surface area is 212 Å². The average molecular weight is 476 g/mol. The van der Waals surface area contributed by atoms with Gasteiger partial charge in [0.1, 0.15) is 6.07 Å². The number of aliphatic hydroxyl groups excluding tert-OH is 1. The smallest absolute Gasteiger partial charge is 0.178 e. The molecule has 35 heavy (non-hydrogen) atoms. The van der Waals surface area contributed by atoms with Crippen LogP contribution < -0.4 is 0 Å². The monoisotopic (exact) mass is 475 g/mol. The van der Waals surface area contributed by atoms with Gasteiger partial charge in [-0.2, -0.15) is 5.26 Å². The fraction of sp³-hybridized carbons (Fsp3) is 0.750. The number of hydrogen-bond donors (Lipinski definition) is 1. The zero-order valence-electron chi connectivity index (χ0n) is 23.0. The Morgan fingerprint density at radius 2 is 1.74 bits per heavy atom. The second-order valence-electron chi connectivity index (χ2n) is 14.3. The molecule has 0 aromatic carbocycles. The van der Waals surface area contributed by atoms with Gasteiger partial charge >= 0.3 is 0 Å². The molecular formula is C32H45NO2. The topological polar surface area (TPSA) is 61.1 Å². The van der Waals surface area contributed by atoms with Crippen LogP contribution in [0.2, 0.25) is 0 Å². The molecule has 3 unspecified atom stereocenters. The summed E-state index contributed by atoms with van der Waals surface area (Å²) in [7, 11) is 0. The van der Waals surface area contributed by atoms with E-state index < -0.39 is 5.41 Å². The summed E-state index contributed by atoms with van der Waals surface area (Å²) in [6.07, 6.45) is 12.0. The summed E-state index contributed by atoms with van der Waals surface area (Å²) in [5, 5.41) is 20.9. The SMILES string of the molecule is C=C(O)[C@]12CC[C@@H](C)[C@H](C)C1C1=CCC3[C@@]4(C)C=C(C#N)C(=O)C(C)(C)C4CC[C@@]3(C)[C@]1(C)CC2. The molecule has 3 saturated carbocycles. The Balaban J connectivity index is 1.67. The highest BCUT2D eigenvalue weighted by molar-refractivity contribution is 6.04. The molecule has 0 spiro atoms. The van der Waals surface area contributed by atoms with Gasteiger partial charge in [0.2, 0.25) is 0 Å². The molecule has 5 rings (SSSR count). The summed E-state index contributed by atoms with van der Waals surface area (Å²) in [6.45, 7) is 20.5. The molecule has 3 heteroatoms. The Morgan fingerprint density at radius 3 is 2.37 bits per heavy atom. The first-order valence-electron chi connectivity index (χ1n) is 14.0. The quantitative estimate of drug-likeness (QED) is 0.309. The fourth-order valence-electron chi connectivity index (χ4n) is 10.6. The van der Waals surface area contributed by atoms with Crippen LogP contribution in [-0.2, 0) is 4.79 Å². The molecule has 3 nitrogen and oxygen atoms in total. The van der Waals surface area contributed by atoms with Gasteiger partial charge < -0.3 is 5.11 Å². The van der Waals surface area contributed by atoms with Crippen LogP contribution in [0.3, 0.4) is 0 Å². The van der Waals surface area contributed by atoms with E-state index in [4.69, 9.17) is 0 Å². The van der Waals surface area contributed by atoms with Crippen LogP contribution in [-0.4, -0.2) is 10.9 Å². The Bertz CT molecular complexity index is 1090. The minimum Gasteiger partial charge on any atom is -0.512 e. The van der Waals surface area contributed by atoms with Crippen molar-refractivity contribution in [3.05, 3.63) is 35.6 Å². The molecule has 0 bridgehead atoms. The maximum Gasteiger partial charge on any atom is 0.178 e. The number of aliphatic hydroxyl groups is 1. The van der Waals surface area contributed by atoms with Crippen molar-refractivity contribution in [2.45, 2.75) is 93.4 Å². The second kappa shape index (κ2) is 7.36. The molecule has 0 radical (unpaired) electrons. The van der Waals surface area contributed by atoms with Gasteiger partial charge in [0.25, 0.3) is 0 Å². The first-order valence-corrected chi connectivity index (χ1v) is 14.0. The zero-order chi connectivity index (χ0) is 25.8. The predicted octanol–water partition coefficient (Wildman–Crippen LogP) is 7.95. The van der Waals surface area contributed by atoms with Gasteiger partial charge in [0.05, 0.1) is 11.3 Å². The Morgan fingerprint density at radius 1 is 1.06 bits per heavy atom. The largest absolute Gasteiger partial charge is 0.512 e. The van der Waals surface area contributed by atoms with Crippen molar-refractivity contribution in [2.75, 3.05) is 0 Å². The Hall–Kier alpha value is -1.82. The van der Waals surface area contributed by atoms with E-state index in [1.54, 1.807) is 5.57 Å².